The molecule has 2 aromatic rings. The quantitative estimate of drug-likeness (QED) is 0.334. The van der Waals surface area contributed by atoms with E-state index in [1.54, 1.807) is 7.11 Å². The molecule has 7 nitrogen and oxygen atoms in total. The van der Waals surface area contributed by atoms with Crippen LogP contribution in [0.3, 0.4) is 0 Å². The lowest BCUT2D eigenvalue weighted by Gasteiger charge is -2.13. The SMILES string of the molecule is CCOCCCNC(=NCc1ccc(OC)cc1)NCc1ccn(C2CCCC2)n1. The lowest BCUT2D eigenvalue weighted by molar-refractivity contribution is 0.145. The van der Waals surface area contributed by atoms with Gasteiger partial charge in [-0.1, -0.05) is 25.0 Å². The molecule has 2 N–H and O–H groups in total. The predicted molar refractivity (Wildman–Crippen MR) is 120 cm³/mol. The fraction of sp³-hybridized carbons (Fsp3) is 0.565. The molecule has 0 radical (unpaired) electrons. The summed E-state index contributed by atoms with van der Waals surface area (Å²) < 4.78 is 12.8. The summed E-state index contributed by atoms with van der Waals surface area (Å²) in [7, 11) is 1.68. The van der Waals surface area contributed by atoms with E-state index < -0.39 is 0 Å². The maximum absolute atomic E-state index is 5.42. The van der Waals surface area contributed by atoms with Gasteiger partial charge in [0.1, 0.15) is 5.75 Å². The van der Waals surface area contributed by atoms with Crippen molar-refractivity contribution >= 4 is 5.96 Å². The molecule has 164 valence electrons. The summed E-state index contributed by atoms with van der Waals surface area (Å²) in [6, 6.07) is 10.7. The second kappa shape index (κ2) is 12.2. The summed E-state index contributed by atoms with van der Waals surface area (Å²) in [5.74, 6) is 1.64. The first kappa shape index (κ1) is 22.2. The van der Waals surface area contributed by atoms with E-state index in [0.29, 0.717) is 19.1 Å². The van der Waals surface area contributed by atoms with Gasteiger partial charge in [-0.15, -0.1) is 0 Å². The van der Waals surface area contributed by atoms with Gasteiger partial charge in [-0.25, -0.2) is 4.99 Å². The van der Waals surface area contributed by atoms with Crippen molar-refractivity contribution in [1.82, 2.24) is 20.4 Å². The van der Waals surface area contributed by atoms with Crippen molar-refractivity contribution in [3.63, 3.8) is 0 Å². The molecule has 3 rings (SSSR count). The molecule has 1 saturated carbocycles. The third-order valence-electron chi connectivity index (χ3n) is 5.34. The summed E-state index contributed by atoms with van der Waals surface area (Å²) in [4.78, 5) is 4.74. The molecule has 1 aliphatic carbocycles. The normalized spacial score (nSPS) is 14.8. The lowest BCUT2D eigenvalue weighted by atomic mass is 10.2. The van der Waals surface area contributed by atoms with Crippen molar-refractivity contribution in [3.8, 4) is 5.75 Å². The van der Waals surface area contributed by atoms with Gasteiger partial charge in [-0.3, -0.25) is 4.68 Å². The first-order valence-electron chi connectivity index (χ1n) is 11.1. The molecule has 1 aliphatic rings. The van der Waals surface area contributed by atoms with Crippen LogP contribution >= 0.6 is 0 Å². The molecule has 0 atom stereocenters. The fourth-order valence-corrected chi connectivity index (χ4v) is 3.62. The molecule has 0 bridgehead atoms. The average molecular weight is 414 g/mol. The number of methoxy groups -OCH3 is 1. The van der Waals surface area contributed by atoms with Crippen LogP contribution in [-0.4, -0.2) is 42.6 Å². The molecule has 0 spiro atoms. The highest BCUT2D eigenvalue weighted by Crippen LogP contribution is 2.28. The van der Waals surface area contributed by atoms with Crippen LogP contribution in [0.2, 0.25) is 0 Å². The first-order chi connectivity index (χ1) is 14.8. The van der Waals surface area contributed by atoms with Gasteiger partial charge in [0.25, 0.3) is 0 Å². The van der Waals surface area contributed by atoms with E-state index in [9.17, 15) is 0 Å². The number of nitrogens with one attached hydrogen (secondary N) is 2. The number of hydrogen-bond acceptors (Lipinski definition) is 4. The zero-order chi connectivity index (χ0) is 21.0. The number of benzene rings is 1. The Hall–Kier alpha value is -2.54. The molecular formula is C23H35N5O2. The zero-order valence-electron chi connectivity index (χ0n) is 18.3. The molecule has 1 fully saturated rings. The minimum absolute atomic E-state index is 0.568. The summed E-state index contributed by atoms with van der Waals surface area (Å²) in [5, 5.41) is 11.6. The topological polar surface area (TPSA) is 72.7 Å². The molecule has 7 heteroatoms. The Bertz CT molecular complexity index is 766. The predicted octanol–water partition coefficient (Wildman–Crippen LogP) is 3.67. The second-order valence-corrected chi connectivity index (χ2v) is 7.57. The maximum Gasteiger partial charge on any atom is 0.191 e. The molecule has 0 saturated heterocycles. The molecule has 0 amide bonds. The van der Waals surface area contributed by atoms with E-state index in [0.717, 1.165) is 49.1 Å². The maximum atomic E-state index is 5.42. The summed E-state index contributed by atoms with van der Waals surface area (Å²) in [5.41, 5.74) is 2.17. The number of rotatable bonds is 11. The van der Waals surface area contributed by atoms with Gasteiger partial charge in [0.2, 0.25) is 0 Å². The van der Waals surface area contributed by atoms with Crippen LogP contribution in [0.5, 0.6) is 5.75 Å². The van der Waals surface area contributed by atoms with Crippen molar-refractivity contribution in [2.24, 2.45) is 4.99 Å². The molecule has 0 unspecified atom stereocenters. The number of aliphatic imine (C=N–C) groups is 1. The highest BCUT2D eigenvalue weighted by Gasteiger charge is 2.17. The Kier molecular flexibility index (Phi) is 9.03. The summed E-state index contributed by atoms with van der Waals surface area (Å²) in [6.45, 7) is 5.58. The van der Waals surface area contributed by atoms with Crippen LogP contribution < -0.4 is 15.4 Å². The monoisotopic (exact) mass is 413 g/mol. The Morgan fingerprint density at radius 3 is 2.70 bits per heavy atom. The largest absolute Gasteiger partial charge is 0.497 e. The Morgan fingerprint density at radius 2 is 1.97 bits per heavy atom. The highest BCUT2D eigenvalue weighted by atomic mass is 16.5. The summed E-state index contributed by atoms with van der Waals surface area (Å²) >= 11 is 0. The van der Waals surface area contributed by atoms with Crippen LogP contribution in [-0.2, 0) is 17.8 Å². The Balaban J connectivity index is 1.55. The average Bonchev–Trinajstić information content (AvgIpc) is 3.47. The first-order valence-corrected chi connectivity index (χ1v) is 11.1. The van der Waals surface area contributed by atoms with Crippen molar-refractivity contribution in [1.29, 1.82) is 0 Å². The third-order valence-corrected chi connectivity index (χ3v) is 5.34. The molecular weight excluding hydrogens is 378 g/mol. The standard InChI is InChI=1S/C23H35N5O2/c1-3-30-16-6-14-24-23(25-17-19-9-11-22(29-2)12-10-19)26-18-20-13-15-28(27-20)21-7-4-5-8-21/h9-13,15,21H,3-8,14,16-18H2,1-2H3,(H2,24,25,26). The van der Waals surface area contributed by atoms with Gasteiger partial charge >= 0.3 is 0 Å². The molecule has 0 aliphatic heterocycles. The van der Waals surface area contributed by atoms with Crippen molar-refractivity contribution in [3.05, 3.63) is 47.8 Å². The number of hydrogen-bond donors (Lipinski definition) is 2. The third kappa shape index (κ3) is 7.06. The van der Waals surface area contributed by atoms with Crippen LogP contribution in [0.4, 0.5) is 0 Å². The zero-order valence-corrected chi connectivity index (χ0v) is 18.3. The van der Waals surface area contributed by atoms with Gasteiger partial charge in [-0.2, -0.15) is 5.10 Å². The van der Waals surface area contributed by atoms with Gasteiger partial charge in [0, 0.05) is 26.0 Å². The minimum Gasteiger partial charge on any atom is -0.497 e. The Morgan fingerprint density at radius 1 is 1.17 bits per heavy atom. The summed E-state index contributed by atoms with van der Waals surface area (Å²) in [6.07, 6.45) is 8.15. The molecule has 30 heavy (non-hydrogen) atoms. The minimum atomic E-state index is 0.568. The van der Waals surface area contributed by atoms with Crippen molar-refractivity contribution in [2.45, 2.75) is 58.2 Å². The van der Waals surface area contributed by atoms with Crippen LogP contribution in [0.15, 0.2) is 41.5 Å². The van der Waals surface area contributed by atoms with Crippen LogP contribution in [0.1, 0.15) is 56.3 Å². The van der Waals surface area contributed by atoms with E-state index >= 15 is 0 Å². The van der Waals surface area contributed by atoms with E-state index in [2.05, 4.69) is 27.6 Å². The molecule has 1 aromatic carbocycles. The van der Waals surface area contributed by atoms with E-state index in [-0.39, 0.29) is 0 Å². The number of guanidine groups is 1. The smallest absolute Gasteiger partial charge is 0.191 e. The van der Waals surface area contributed by atoms with Crippen LogP contribution in [0, 0.1) is 0 Å². The van der Waals surface area contributed by atoms with Gasteiger partial charge in [-0.05, 0) is 49.9 Å². The van der Waals surface area contributed by atoms with Gasteiger partial charge < -0.3 is 20.1 Å². The van der Waals surface area contributed by atoms with Crippen LogP contribution in [0.25, 0.3) is 0 Å². The highest BCUT2D eigenvalue weighted by molar-refractivity contribution is 5.79. The Labute approximate surface area is 179 Å². The van der Waals surface area contributed by atoms with Gasteiger partial charge in [0.15, 0.2) is 5.96 Å². The second-order valence-electron chi connectivity index (χ2n) is 7.57. The van der Waals surface area contributed by atoms with E-state index in [4.69, 9.17) is 19.6 Å². The van der Waals surface area contributed by atoms with Gasteiger partial charge in [0.05, 0.1) is 31.9 Å². The molecule has 1 heterocycles. The number of ether oxygens (including phenoxy) is 2. The van der Waals surface area contributed by atoms with Crippen molar-refractivity contribution in [2.75, 3.05) is 26.9 Å². The number of aromatic nitrogens is 2. The lowest BCUT2D eigenvalue weighted by Crippen LogP contribution is -2.38. The van der Waals surface area contributed by atoms with Crippen molar-refractivity contribution < 1.29 is 9.47 Å². The van der Waals surface area contributed by atoms with E-state index in [1.807, 2.05) is 31.2 Å². The van der Waals surface area contributed by atoms with E-state index in [1.165, 1.54) is 25.7 Å². The molecule has 1 aromatic heterocycles. The fourth-order valence-electron chi connectivity index (χ4n) is 3.62. The number of nitrogens with zero attached hydrogens (tertiary/aromatic N) is 3.